The number of nitrogens with zero attached hydrogens (tertiary/aromatic N) is 3. The number of thiazole rings is 1. The summed E-state index contributed by atoms with van der Waals surface area (Å²) >= 11 is 15.8. The summed E-state index contributed by atoms with van der Waals surface area (Å²) < 4.78 is 40.4. The van der Waals surface area contributed by atoms with Crippen molar-refractivity contribution < 1.29 is 31.9 Å². The van der Waals surface area contributed by atoms with Crippen molar-refractivity contribution in [3.63, 3.8) is 0 Å². The Balaban J connectivity index is 1.44. The van der Waals surface area contributed by atoms with Gasteiger partial charge in [0.15, 0.2) is 0 Å². The zero-order valence-electron chi connectivity index (χ0n) is 26.5. The van der Waals surface area contributed by atoms with Gasteiger partial charge in [0, 0.05) is 33.2 Å². The smallest absolute Gasteiger partial charge is 0.328 e. The van der Waals surface area contributed by atoms with Gasteiger partial charge < -0.3 is 14.5 Å². The first kappa shape index (κ1) is 36.0. The number of nitrogens with one attached hydrogen (secondary N) is 1. The summed E-state index contributed by atoms with van der Waals surface area (Å²) in [6.07, 6.45) is 2.18. The highest BCUT2D eigenvalue weighted by atomic mass is 35.5. The fourth-order valence-corrected chi connectivity index (χ4v) is 8.31. The topological polar surface area (TPSA) is 120 Å². The number of thioether (sulfide) groups is 1. The second-order valence-corrected chi connectivity index (χ2v) is 15.7. The van der Waals surface area contributed by atoms with Gasteiger partial charge in [0.05, 0.1) is 35.7 Å². The number of hydrogen-bond acceptors (Lipinski definition) is 9. The number of ether oxygens (including phenoxy) is 1. The van der Waals surface area contributed by atoms with Gasteiger partial charge in [-0.25, -0.2) is 4.79 Å². The van der Waals surface area contributed by atoms with Gasteiger partial charge in [-0.05, 0) is 69.7 Å². The number of carbonyl (C=O) groups is 2. The lowest BCUT2D eigenvalue weighted by Gasteiger charge is -2.29. The number of amides is 1. The summed E-state index contributed by atoms with van der Waals surface area (Å²) in [6, 6.07) is 18.0. The summed E-state index contributed by atoms with van der Waals surface area (Å²) in [5, 5.41) is 5.74. The molecule has 0 saturated carbocycles. The molecule has 0 fully saturated rings. The number of esters is 1. The van der Waals surface area contributed by atoms with Crippen LogP contribution in [0.25, 0.3) is 16.3 Å². The second-order valence-electron chi connectivity index (χ2n) is 11.1. The van der Waals surface area contributed by atoms with E-state index in [2.05, 4.69) is 5.32 Å². The summed E-state index contributed by atoms with van der Waals surface area (Å²) in [7, 11) is -4.13. The van der Waals surface area contributed by atoms with Crippen LogP contribution in [0.4, 0.5) is 11.4 Å². The molecule has 0 radical (unpaired) electrons. The van der Waals surface area contributed by atoms with Gasteiger partial charge in [0.1, 0.15) is 10.7 Å². The third-order valence-corrected chi connectivity index (χ3v) is 11.1. The van der Waals surface area contributed by atoms with Crippen molar-refractivity contribution >= 4 is 96.0 Å². The van der Waals surface area contributed by atoms with Crippen molar-refractivity contribution in [2.45, 2.75) is 44.8 Å². The van der Waals surface area contributed by atoms with E-state index in [1.165, 1.54) is 23.1 Å². The fraction of sp³-hybridized carbons (Fsp3) is 0.303. The monoisotopic (exact) mass is 749 g/mol. The molecule has 4 aromatic rings. The fourth-order valence-electron chi connectivity index (χ4n) is 5.22. The van der Waals surface area contributed by atoms with E-state index in [9.17, 15) is 22.6 Å². The molecule has 10 nitrogen and oxygen atoms in total. The molecule has 0 aliphatic carbocycles. The largest absolute Gasteiger partial charge is 0.464 e. The van der Waals surface area contributed by atoms with Crippen LogP contribution in [0.2, 0.25) is 10.0 Å². The van der Waals surface area contributed by atoms with Gasteiger partial charge in [-0.15, -0.1) is 0 Å². The average Bonchev–Trinajstić information content (AvgIpc) is 3.54. The van der Waals surface area contributed by atoms with Crippen molar-refractivity contribution in [2.24, 2.45) is 0 Å². The number of rotatable bonds is 13. The molecule has 0 spiro atoms. The summed E-state index contributed by atoms with van der Waals surface area (Å²) in [5.41, 5.74) is 3.42. The van der Waals surface area contributed by atoms with Crippen molar-refractivity contribution in [1.29, 1.82) is 0 Å². The van der Waals surface area contributed by atoms with E-state index in [1.807, 2.05) is 71.0 Å². The number of benzene rings is 3. The van der Waals surface area contributed by atoms with E-state index < -0.39 is 22.1 Å². The SMILES string of the molecule is CCOC(=O)C(C)N(CC(=O)NC[n+]1c(/C=C2\Sc3ccc(Cl)cc3N2CCCS(=O)(=O)O)sc2ccc(Cl)cc21)c1ccc(C)cc1. The third-order valence-electron chi connectivity index (χ3n) is 7.62. The quantitative estimate of drug-likeness (QED) is 0.0894. The Morgan fingerprint density at radius 2 is 1.81 bits per heavy atom. The van der Waals surface area contributed by atoms with Crippen LogP contribution in [0.3, 0.4) is 0 Å². The maximum Gasteiger partial charge on any atom is 0.328 e. The van der Waals surface area contributed by atoms with Crippen LogP contribution in [-0.4, -0.2) is 56.3 Å². The minimum absolute atomic E-state index is 0.0870. The number of aryl methyl sites for hydroxylation is 1. The number of fused-ring (bicyclic) bond motifs is 2. The normalized spacial score (nSPS) is 14.3. The highest BCUT2D eigenvalue weighted by molar-refractivity contribution is 8.03. The first-order valence-electron chi connectivity index (χ1n) is 15.1. The molecule has 1 aromatic heterocycles. The molecule has 1 aliphatic rings. The van der Waals surface area contributed by atoms with Crippen LogP contribution in [-0.2, 0) is 31.1 Å². The van der Waals surface area contributed by atoms with Gasteiger partial charge in [-0.3, -0.25) is 14.7 Å². The van der Waals surface area contributed by atoms with Crippen LogP contribution >= 0.6 is 46.3 Å². The predicted molar refractivity (Wildman–Crippen MR) is 193 cm³/mol. The van der Waals surface area contributed by atoms with Gasteiger partial charge in [0.25, 0.3) is 15.1 Å². The lowest BCUT2D eigenvalue weighted by molar-refractivity contribution is -0.672. The van der Waals surface area contributed by atoms with E-state index in [-0.39, 0.29) is 37.9 Å². The first-order valence-corrected chi connectivity index (χ1v) is 19.1. The van der Waals surface area contributed by atoms with E-state index >= 15 is 0 Å². The molecule has 2 heterocycles. The van der Waals surface area contributed by atoms with Gasteiger partial charge in [0.2, 0.25) is 18.1 Å². The Bertz CT molecular complexity index is 1970. The number of hydrogen-bond donors (Lipinski definition) is 2. The van der Waals surface area contributed by atoms with Crippen molar-refractivity contribution in [2.75, 3.05) is 35.2 Å². The summed E-state index contributed by atoms with van der Waals surface area (Å²) in [6.45, 7) is 6.00. The minimum atomic E-state index is -4.13. The van der Waals surface area contributed by atoms with Crippen molar-refractivity contribution in [1.82, 2.24) is 5.32 Å². The van der Waals surface area contributed by atoms with Crippen LogP contribution in [0, 0.1) is 6.92 Å². The minimum Gasteiger partial charge on any atom is -0.464 e. The van der Waals surface area contributed by atoms with Gasteiger partial charge in [-0.2, -0.15) is 13.0 Å². The second kappa shape index (κ2) is 15.5. The molecule has 3 aromatic carbocycles. The van der Waals surface area contributed by atoms with Crippen molar-refractivity contribution in [3.8, 4) is 0 Å². The highest BCUT2D eigenvalue weighted by Crippen LogP contribution is 2.48. The van der Waals surface area contributed by atoms with Crippen molar-refractivity contribution in [3.05, 3.63) is 86.3 Å². The summed E-state index contributed by atoms with van der Waals surface area (Å²) in [5.74, 6) is -1.10. The molecule has 48 heavy (non-hydrogen) atoms. The molecule has 1 aliphatic heterocycles. The Labute approximate surface area is 298 Å². The zero-order valence-corrected chi connectivity index (χ0v) is 30.4. The molecular formula is C33H35Cl2N4O6S3+. The van der Waals surface area contributed by atoms with Crippen LogP contribution in [0.15, 0.2) is 70.6 Å². The Morgan fingerprint density at radius 1 is 1.10 bits per heavy atom. The highest BCUT2D eigenvalue weighted by Gasteiger charge is 2.30. The van der Waals surface area contributed by atoms with E-state index in [1.54, 1.807) is 30.9 Å². The lowest BCUT2D eigenvalue weighted by atomic mass is 10.1. The summed E-state index contributed by atoms with van der Waals surface area (Å²) in [4.78, 5) is 30.9. The number of carbonyl (C=O) groups excluding carboxylic acids is 2. The first-order chi connectivity index (χ1) is 22.8. The van der Waals surface area contributed by atoms with E-state index in [4.69, 9.17) is 27.9 Å². The van der Waals surface area contributed by atoms with Crippen LogP contribution in [0.5, 0.6) is 0 Å². The number of halogens is 2. The van der Waals surface area contributed by atoms with E-state index in [0.29, 0.717) is 22.3 Å². The van der Waals surface area contributed by atoms with Crippen LogP contribution in [0.1, 0.15) is 30.8 Å². The predicted octanol–water partition coefficient (Wildman–Crippen LogP) is 6.52. The van der Waals surface area contributed by atoms with Gasteiger partial charge in [-0.1, -0.05) is 64.0 Å². The maximum atomic E-state index is 13.5. The standard InChI is InChI=1S/C33H34Cl2N4O6S3/c1-4-45-33(41)22(3)38(25-10-6-21(2)7-11-25)19-30(40)36-20-39-27-17-24(35)9-13-29(27)47-32(39)18-31-37(14-5-15-48(42,43)44)26-16-23(34)8-12-28(26)46-31/h6-13,16-18,22H,4-5,14-15,19-20H2,1-3H3,(H-,36,40,42,43,44)/p+1. The molecule has 1 atom stereocenters. The molecule has 15 heteroatoms. The Morgan fingerprint density at radius 3 is 2.52 bits per heavy atom. The van der Waals surface area contributed by atoms with Crippen LogP contribution < -0.4 is 19.7 Å². The van der Waals surface area contributed by atoms with E-state index in [0.717, 1.165) is 36.4 Å². The zero-order chi connectivity index (χ0) is 34.6. The molecular weight excluding hydrogens is 715 g/mol. The Kier molecular flexibility index (Phi) is 11.6. The number of anilines is 2. The molecule has 5 rings (SSSR count). The van der Waals surface area contributed by atoms with Gasteiger partial charge >= 0.3 is 5.97 Å². The average molecular weight is 751 g/mol. The molecule has 2 N–H and O–H groups in total. The Hall–Kier alpha value is -3.33. The third kappa shape index (κ3) is 8.82. The molecule has 0 bridgehead atoms. The molecule has 1 unspecified atom stereocenters. The maximum absolute atomic E-state index is 13.5. The molecule has 0 saturated heterocycles. The number of aromatic nitrogens is 1. The molecule has 1 amide bonds. The molecule has 254 valence electrons. The lowest BCUT2D eigenvalue weighted by Crippen LogP contribution is -2.50.